The van der Waals surface area contributed by atoms with Gasteiger partial charge in [-0.25, -0.2) is 0 Å². The maximum absolute atomic E-state index is 12.3. The number of hydrogen-bond acceptors (Lipinski definition) is 3. The number of hydrogen-bond donors (Lipinski definition) is 1. The summed E-state index contributed by atoms with van der Waals surface area (Å²) >= 11 is 0. The first-order valence-electron chi connectivity index (χ1n) is 7.62. The molecule has 0 unspecified atom stereocenters. The van der Waals surface area contributed by atoms with Crippen molar-refractivity contribution in [2.24, 2.45) is 0 Å². The van der Waals surface area contributed by atoms with Crippen molar-refractivity contribution >= 4 is 11.8 Å². The number of aryl methyl sites for hydroxylation is 1. The molecule has 1 aromatic rings. The second kappa shape index (κ2) is 6.48. The zero-order valence-electron chi connectivity index (χ0n) is 13.8. The molecule has 0 atom stereocenters. The predicted molar refractivity (Wildman–Crippen MR) is 86.4 cm³/mol. The van der Waals surface area contributed by atoms with Crippen LogP contribution in [-0.4, -0.2) is 54.8 Å². The molecule has 0 saturated carbocycles. The topological polar surface area (TPSA) is 52.7 Å². The van der Waals surface area contributed by atoms with Crippen LogP contribution in [0.1, 0.15) is 25.0 Å². The summed E-state index contributed by atoms with van der Waals surface area (Å²) in [7, 11) is 1.79. The van der Waals surface area contributed by atoms with Gasteiger partial charge in [-0.05, 0) is 26.3 Å². The zero-order valence-corrected chi connectivity index (χ0v) is 13.8. The van der Waals surface area contributed by atoms with Gasteiger partial charge in [0, 0.05) is 20.1 Å². The molecule has 120 valence electrons. The third-order valence-electron chi connectivity index (χ3n) is 4.10. The minimum Gasteiger partial charge on any atom is -0.346 e. The SMILES string of the molecule is Cc1cccc(C(C)(C)NC(=O)CN2CCN(C)C(=O)C2)c1. The number of carbonyl (C=O) groups excluding carboxylic acids is 2. The van der Waals surface area contributed by atoms with E-state index in [-0.39, 0.29) is 18.4 Å². The van der Waals surface area contributed by atoms with Crippen molar-refractivity contribution in [3.05, 3.63) is 35.4 Å². The summed E-state index contributed by atoms with van der Waals surface area (Å²) in [5, 5.41) is 3.07. The lowest BCUT2D eigenvalue weighted by atomic mass is 9.93. The first kappa shape index (κ1) is 16.5. The minimum atomic E-state index is -0.431. The Kier molecular flexibility index (Phi) is 4.86. The number of carbonyl (C=O) groups is 2. The van der Waals surface area contributed by atoms with Gasteiger partial charge in [0.1, 0.15) is 0 Å². The summed E-state index contributed by atoms with van der Waals surface area (Å²) in [6.07, 6.45) is 0. The van der Waals surface area contributed by atoms with E-state index in [2.05, 4.69) is 11.4 Å². The zero-order chi connectivity index (χ0) is 16.3. The Balaban J connectivity index is 1.95. The average molecular weight is 303 g/mol. The highest BCUT2D eigenvalue weighted by Gasteiger charge is 2.26. The Labute approximate surface area is 132 Å². The normalized spacial score (nSPS) is 16.7. The molecule has 2 amide bonds. The predicted octanol–water partition coefficient (Wildman–Crippen LogP) is 1.12. The van der Waals surface area contributed by atoms with Gasteiger partial charge >= 0.3 is 0 Å². The molecule has 5 heteroatoms. The van der Waals surface area contributed by atoms with E-state index in [1.807, 2.05) is 43.9 Å². The van der Waals surface area contributed by atoms with Crippen molar-refractivity contribution in [1.82, 2.24) is 15.1 Å². The van der Waals surface area contributed by atoms with Crippen molar-refractivity contribution in [1.29, 1.82) is 0 Å². The lowest BCUT2D eigenvalue weighted by molar-refractivity contribution is -0.135. The van der Waals surface area contributed by atoms with Crippen LogP contribution in [0.15, 0.2) is 24.3 Å². The summed E-state index contributed by atoms with van der Waals surface area (Å²) < 4.78 is 0. The Morgan fingerprint density at radius 3 is 2.68 bits per heavy atom. The fourth-order valence-corrected chi connectivity index (χ4v) is 2.64. The molecule has 0 aromatic heterocycles. The summed E-state index contributed by atoms with van der Waals surface area (Å²) in [6.45, 7) is 8.01. The average Bonchev–Trinajstić information content (AvgIpc) is 2.42. The highest BCUT2D eigenvalue weighted by atomic mass is 16.2. The highest BCUT2D eigenvalue weighted by Crippen LogP contribution is 2.20. The van der Waals surface area contributed by atoms with Crippen LogP contribution >= 0.6 is 0 Å². The van der Waals surface area contributed by atoms with Crippen molar-refractivity contribution in [3.63, 3.8) is 0 Å². The van der Waals surface area contributed by atoms with Crippen molar-refractivity contribution in [3.8, 4) is 0 Å². The van der Waals surface area contributed by atoms with Crippen LogP contribution in [0.3, 0.4) is 0 Å². The van der Waals surface area contributed by atoms with Gasteiger partial charge in [-0.1, -0.05) is 29.8 Å². The van der Waals surface area contributed by atoms with Gasteiger partial charge in [-0.3, -0.25) is 14.5 Å². The number of likely N-dealkylation sites (N-methyl/N-ethyl adjacent to an activating group) is 1. The molecule has 1 aromatic carbocycles. The maximum atomic E-state index is 12.3. The molecule has 1 aliphatic heterocycles. The molecule has 1 heterocycles. The second-order valence-electron chi connectivity index (χ2n) is 6.57. The first-order chi connectivity index (χ1) is 10.3. The molecule has 0 spiro atoms. The summed E-state index contributed by atoms with van der Waals surface area (Å²) in [5.74, 6) is 0.0147. The molecule has 0 bridgehead atoms. The van der Waals surface area contributed by atoms with Gasteiger partial charge in [0.05, 0.1) is 18.6 Å². The largest absolute Gasteiger partial charge is 0.346 e. The van der Waals surface area contributed by atoms with Gasteiger partial charge in [0.15, 0.2) is 0 Å². The summed E-state index contributed by atoms with van der Waals surface area (Å²) in [6, 6.07) is 8.14. The molecule has 0 aliphatic carbocycles. The minimum absolute atomic E-state index is 0.0520. The Morgan fingerprint density at radius 2 is 2.05 bits per heavy atom. The van der Waals surface area contributed by atoms with Gasteiger partial charge < -0.3 is 10.2 Å². The monoisotopic (exact) mass is 303 g/mol. The van der Waals surface area contributed by atoms with E-state index in [1.54, 1.807) is 11.9 Å². The standard InChI is InChI=1S/C17H25N3O2/c1-13-6-5-7-14(10-13)17(2,3)18-15(21)11-20-9-8-19(4)16(22)12-20/h5-7,10H,8-9,11-12H2,1-4H3,(H,18,21). The molecule has 0 radical (unpaired) electrons. The maximum Gasteiger partial charge on any atom is 0.236 e. The molecular weight excluding hydrogens is 278 g/mol. The van der Waals surface area contributed by atoms with E-state index < -0.39 is 5.54 Å². The van der Waals surface area contributed by atoms with Gasteiger partial charge in [0.2, 0.25) is 11.8 Å². The highest BCUT2D eigenvalue weighted by molar-refractivity contribution is 5.82. The fourth-order valence-electron chi connectivity index (χ4n) is 2.64. The number of benzene rings is 1. The molecular formula is C17H25N3O2. The van der Waals surface area contributed by atoms with E-state index in [4.69, 9.17) is 0 Å². The van der Waals surface area contributed by atoms with Crippen LogP contribution in [0.2, 0.25) is 0 Å². The fraction of sp³-hybridized carbons (Fsp3) is 0.529. The third kappa shape index (κ3) is 4.07. The third-order valence-corrected chi connectivity index (χ3v) is 4.10. The van der Waals surface area contributed by atoms with Crippen LogP contribution in [-0.2, 0) is 15.1 Å². The van der Waals surface area contributed by atoms with Crippen LogP contribution in [0.5, 0.6) is 0 Å². The number of nitrogens with zero attached hydrogens (tertiary/aromatic N) is 2. The van der Waals surface area contributed by atoms with Crippen LogP contribution in [0.4, 0.5) is 0 Å². The number of amides is 2. The smallest absolute Gasteiger partial charge is 0.236 e. The van der Waals surface area contributed by atoms with Crippen molar-refractivity contribution in [2.75, 3.05) is 33.2 Å². The van der Waals surface area contributed by atoms with Crippen LogP contribution in [0.25, 0.3) is 0 Å². The lowest BCUT2D eigenvalue weighted by Crippen LogP contribution is -2.53. The second-order valence-corrected chi connectivity index (χ2v) is 6.57. The Bertz CT molecular complexity index is 569. The Morgan fingerprint density at radius 1 is 1.32 bits per heavy atom. The van der Waals surface area contributed by atoms with Gasteiger partial charge in [0.25, 0.3) is 0 Å². The van der Waals surface area contributed by atoms with E-state index in [9.17, 15) is 9.59 Å². The van der Waals surface area contributed by atoms with E-state index in [0.717, 1.165) is 12.1 Å². The molecule has 1 N–H and O–H groups in total. The molecule has 1 saturated heterocycles. The van der Waals surface area contributed by atoms with Crippen molar-refractivity contribution < 1.29 is 9.59 Å². The summed E-state index contributed by atoms with van der Waals surface area (Å²) in [5.41, 5.74) is 1.82. The summed E-state index contributed by atoms with van der Waals surface area (Å²) in [4.78, 5) is 27.6. The van der Waals surface area contributed by atoms with E-state index in [1.165, 1.54) is 5.56 Å². The number of nitrogens with one attached hydrogen (secondary N) is 1. The molecule has 1 aliphatic rings. The van der Waals surface area contributed by atoms with Crippen LogP contribution < -0.4 is 5.32 Å². The molecule has 22 heavy (non-hydrogen) atoms. The van der Waals surface area contributed by atoms with Crippen LogP contribution in [0, 0.1) is 6.92 Å². The Hall–Kier alpha value is -1.88. The van der Waals surface area contributed by atoms with Gasteiger partial charge in [-0.15, -0.1) is 0 Å². The lowest BCUT2D eigenvalue weighted by Gasteiger charge is -2.33. The van der Waals surface area contributed by atoms with Gasteiger partial charge in [-0.2, -0.15) is 0 Å². The number of piperazine rings is 1. The molecule has 1 fully saturated rings. The molecule has 5 nitrogen and oxygen atoms in total. The number of rotatable bonds is 4. The van der Waals surface area contributed by atoms with E-state index in [0.29, 0.717) is 13.1 Å². The quantitative estimate of drug-likeness (QED) is 0.907. The van der Waals surface area contributed by atoms with E-state index >= 15 is 0 Å². The van der Waals surface area contributed by atoms with Crippen molar-refractivity contribution in [2.45, 2.75) is 26.3 Å². The first-order valence-corrected chi connectivity index (χ1v) is 7.62. The molecule has 2 rings (SSSR count).